The van der Waals surface area contributed by atoms with Crippen LogP contribution in [0.15, 0.2) is 93.2 Å². The molecule has 142 heavy (non-hydrogen) atoms. The van der Waals surface area contributed by atoms with Crippen LogP contribution in [0.25, 0.3) is 0 Å². The van der Waals surface area contributed by atoms with Crippen LogP contribution in [0.1, 0.15) is 207 Å². The Morgan fingerprint density at radius 3 is 0.986 bits per heavy atom. The fraction of sp³-hybridized carbons (Fsp3) is 0.771. The largest absolute Gasteiger partial charge is 1.00 e. The number of carbonyl (C=O) groups is 8. The second-order valence-corrected chi connectivity index (χ2v) is 45.0. The fourth-order valence-corrected chi connectivity index (χ4v) is 32.9. The van der Waals surface area contributed by atoms with E-state index < -0.39 is 85.3 Å². The van der Waals surface area contributed by atoms with Crippen LogP contribution in [0.3, 0.4) is 0 Å². The Labute approximate surface area is 870 Å². The van der Waals surface area contributed by atoms with Crippen LogP contribution < -0.4 is 34.9 Å². The molecule has 0 aromatic carbocycles. The molecule has 12 saturated heterocycles. The van der Waals surface area contributed by atoms with Gasteiger partial charge in [0, 0.05) is 83.4 Å². The van der Waals surface area contributed by atoms with Crippen LogP contribution in [0.5, 0.6) is 0 Å². The van der Waals surface area contributed by atoms with E-state index in [0.717, 1.165) is 115 Å². The molecule has 16 aliphatic heterocycles. The van der Waals surface area contributed by atoms with Gasteiger partial charge in [-0.1, -0.05) is 168 Å². The van der Waals surface area contributed by atoms with Crippen molar-refractivity contribution in [3.05, 3.63) is 93.2 Å². The summed E-state index contributed by atoms with van der Waals surface area (Å²) in [5.74, 6) is -0.793. The van der Waals surface area contributed by atoms with Gasteiger partial charge in [-0.2, -0.15) is 9.84 Å². The first-order valence-corrected chi connectivity index (χ1v) is 49.1. The minimum atomic E-state index is -0.996. The van der Waals surface area contributed by atoms with Gasteiger partial charge in [-0.05, 0) is 147 Å². The van der Waals surface area contributed by atoms with Gasteiger partial charge in [-0.3, -0.25) is 4.79 Å². The molecule has 28 rings (SSSR count). The predicted molar refractivity (Wildman–Crippen MR) is 513 cm³/mol. The molecule has 6 N–H and O–H groups in total. The molecule has 8 saturated carbocycles. The fourth-order valence-electron chi connectivity index (χ4n) is 32.7. The van der Waals surface area contributed by atoms with Crippen LogP contribution in [0.4, 0.5) is 0 Å². The number of methoxy groups -OCH3 is 2. The van der Waals surface area contributed by atoms with E-state index in [2.05, 4.69) is 109 Å². The van der Waals surface area contributed by atoms with Crippen molar-refractivity contribution in [1.29, 1.82) is 1.28 Å². The summed E-state index contributed by atoms with van der Waals surface area (Å²) in [5.41, 5.74) is 1.14. The second-order valence-electron chi connectivity index (χ2n) is 44.3. The van der Waals surface area contributed by atoms with Gasteiger partial charge in [0.15, 0.2) is 22.4 Å². The van der Waals surface area contributed by atoms with Gasteiger partial charge in [0.25, 0.3) is 0 Å². The molecular formula is C105H150BrNNaO33P. The minimum absolute atomic E-state index is 0. The average Bonchev–Trinajstić information content (AvgIpc) is 1.43. The van der Waals surface area contributed by atoms with Crippen molar-refractivity contribution in [2.75, 3.05) is 72.8 Å². The van der Waals surface area contributed by atoms with E-state index in [-0.39, 0.29) is 280 Å². The predicted octanol–water partition coefficient (Wildman–Crippen LogP) is 7.15. The number of hydrogen-bond donors (Lipinski definition) is 3. The first kappa shape index (κ1) is 108. The SMILES string of the molecule is C.C.C.C.CC(C)[C@]12O[C@H]1[C@@H]1O[C@]13[C@]1(O[C@H]1C[C@H]1C4=C(CC[C@@]13C)C(=O)OC4)[C@@H]2O.CC(C)[C@]12O[C@H]1[C@@H]1O[C@]13[C@]1(O[C@H]1C[C@H]1C4=C(CC[C@@]13C)C(=O)OC4)[C@@H]2OC/C=C\C(=O)O.CNC(=O)/C=C\CO[C@@H]1[C@@]2(C(C)C)O[C@H]2[C@@H]2O[C@]23[C@]12O[C@H]2C[C@H]1C2=C(CC[C@@]13C)C(=O)OC2.COC(=O)/C=C/CBr.COC(=O)/C=C\CO[C@@H]1[C@@]2(C(C)C)O[C@H]2[C@@H]2O[C@]23[C@]12O[C@H]2C[C@H]1C2=C(CC[C@@]13C)C(=O)OC2.O.[2H]C.[3H]C.[3H]P.[Na+].[OH-]. The number of rotatable bonds is 18. The van der Waals surface area contributed by atoms with Crippen molar-refractivity contribution < 1.29 is 191 Å². The zero-order valence-corrected chi connectivity index (χ0v) is 86.5. The van der Waals surface area contributed by atoms with Crippen molar-refractivity contribution in [2.24, 2.45) is 69.0 Å². The normalized spacial score (nSPS) is 48.6. The second kappa shape index (κ2) is 36.3. The van der Waals surface area contributed by atoms with Crippen LogP contribution >= 0.6 is 25.8 Å². The smallest absolute Gasteiger partial charge is 0.870 e. The summed E-state index contributed by atoms with van der Waals surface area (Å²) >= 11 is 3.11. The molecular weight excluding hydrogens is 1940 g/mol. The summed E-state index contributed by atoms with van der Waals surface area (Å²) in [6.07, 6.45) is 19.7. The van der Waals surface area contributed by atoms with Gasteiger partial charge in [-0.25, -0.2) is 33.6 Å². The number of carbonyl (C=O) groups excluding carboxylic acids is 7. The van der Waals surface area contributed by atoms with Crippen LogP contribution in [-0.2, 0) is 138 Å². The number of aliphatic carboxylic acids is 1. The van der Waals surface area contributed by atoms with Gasteiger partial charge in [0.05, 0.1) is 59.7 Å². The maximum atomic E-state index is 12.3. The van der Waals surface area contributed by atoms with Crippen molar-refractivity contribution in [1.82, 2.24) is 5.32 Å². The van der Waals surface area contributed by atoms with E-state index in [4.69, 9.17) is 104 Å². The maximum Gasteiger partial charge on any atom is 1.00 e. The summed E-state index contributed by atoms with van der Waals surface area (Å²) in [5, 5.41) is 23.7. The molecule has 8 spiro atoms. The van der Waals surface area contributed by atoms with Gasteiger partial charge in [-0.15, -0.1) is 0 Å². The Hall–Kier alpha value is -5.13. The van der Waals surface area contributed by atoms with Crippen molar-refractivity contribution in [3.8, 4) is 0 Å². The zero-order chi connectivity index (χ0) is 98.4. The number of cyclic esters (lactones) is 4. The molecule has 0 aromatic heterocycles. The first-order chi connectivity index (χ1) is 65.9. The topological polar surface area (TPSA) is 484 Å². The summed E-state index contributed by atoms with van der Waals surface area (Å²) in [6.45, 7) is 28.7. The molecule has 37 atom stereocenters. The molecule has 28 aliphatic rings. The summed E-state index contributed by atoms with van der Waals surface area (Å²) in [6, 6.07) is 0. The zero-order valence-electron chi connectivity index (χ0n) is 84.8. The quantitative estimate of drug-likeness (QED) is 0.0233. The number of aliphatic hydroxyl groups is 1. The third-order valence-corrected chi connectivity index (χ3v) is 39.5. The van der Waals surface area contributed by atoms with E-state index in [1.54, 1.807) is 35.1 Å². The molecule has 1 amide bonds. The van der Waals surface area contributed by atoms with Crippen molar-refractivity contribution in [2.45, 2.75) is 370 Å². The molecule has 0 bridgehead atoms. The number of fused-ring (bicyclic) bond motifs is 16. The Kier molecular flexibility index (Phi) is 27.7. The number of likely N-dealkylation sites (N-methyl/N-ethyl adjacent to an activating group) is 1. The molecule has 12 aliphatic carbocycles. The number of carboxylic acids is 1. The van der Waals surface area contributed by atoms with E-state index in [1.807, 2.05) is 0 Å². The van der Waals surface area contributed by atoms with Crippen molar-refractivity contribution >= 4 is 73.5 Å². The van der Waals surface area contributed by atoms with Crippen LogP contribution in [0.2, 0.25) is 0 Å². The van der Waals surface area contributed by atoms with E-state index in [9.17, 15) is 43.5 Å². The van der Waals surface area contributed by atoms with Gasteiger partial charge < -0.3 is 126 Å². The molecule has 1 unspecified atom stereocenters. The van der Waals surface area contributed by atoms with E-state index >= 15 is 0 Å². The molecule has 0 radical (unpaired) electrons. The summed E-state index contributed by atoms with van der Waals surface area (Å²) in [4.78, 5) is 93.1. The number of alkyl halides is 1. The maximum absolute atomic E-state index is 12.3. The standard InChI is InChI=1S/C25H31NO7.C25H30O8.C24H28O8.C20H24O6.C5H7BrO2.6CH4.Na.2H2O.H3P/c1-12(2)23-18(32-23)19-25(33-19)22(3)8-7-13-14(11-30-20(13)28)15(22)10-16-24(25,31-16)21(23)29-9-5-6-17(27)26-4;1-12(2)23-18(32-23)19-25(33-19)22(3)8-7-13-14(11-30-20(13)27)15(22)10-16-24(25,31-16)21(23)29-9-5-6-17(26)28-4;1-11(2)22-17(31-22)18-24(32-18)21(3)7-6-12-13(10-29-19(12)27)14(21)9-15-23(24,30-15)20(22)28-8-4-5-16(25)26;1-8(2)18-13(25-18)14-20(26-14)17(3)5-4-9-10(7-23-15(9)21)11(17)6-12-19(20,24-12)16(18)22;1-8-5(7)3-2-4-6;;;;;;;;;;/h5-6,12,15-16,18-19,21H,7-11H2,1-4H3,(H,26,27);5-6,12,15-16,18-19,21H,7-11H2,1-4H3;4-5,11,14-15,17-18,20H,6-10H2,1-3H3,(H,25,26);8,11-14,16,22H,4-7H2,1-3H3;2-3H,4H2,1H3;6*1H4;;2*1H2;1H3/q;;;;;;;;;;;+1;;;/p-1/b2*6-5-;5-4-;;3-2+;;;;;;;;;;/t2*15-,16-,18-,19-,21+,22-,23-,24+,25+;14-,15-,17-,18-,20+,21-,22-,23+,24+;11-,12-,13-,14-,16+,17-,18-,19+,20+;;;;;;;;;;;/m0000.........../s1/i;;;;;1T;1D;;;;;;;;1T. The molecule has 0 aromatic rings. The third-order valence-electron chi connectivity index (χ3n) is 39.1. The number of carboxylic acid groups (broad SMARTS) is 1. The number of epoxide rings is 12. The van der Waals surface area contributed by atoms with Crippen molar-refractivity contribution in [3.63, 3.8) is 0 Å². The number of amides is 1. The Balaban J connectivity index is 0.000000145. The summed E-state index contributed by atoms with van der Waals surface area (Å²) in [7, 11) is 8.48. The van der Waals surface area contributed by atoms with Gasteiger partial charge in [0.1, 0.15) is 144 Å². The first-order valence-electron chi connectivity index (χ1n) is 50.6. The monoisotopic (exact) mass is 2090 g/mol. The van der Waals surface area contributed by atoms with E-state index in [0.29, 0.717) is 51.2 Å². The van der Waals surface area contributed by atoms with Gasteiger partial charge >= 0.3 is 71.3 Å². The number of ether oxygens (including phenoxy) is 21. The molecule has 16 heterocycles. The van der Waals surface area contributed by atoms with E-state index in [1.165, 1.54) is 53.3 Å². The molecule has 20 fully saturated rings. The van der Waals surface area contributed by atoms with Gasteiger partial charge in [0.2, 0.25) is 5.91 Å². The number of aliphatic hydroxyl groups excluding tert-OH is 1. The Bertz CT molecular complexity index is 5280. The molecule has 37 heteroatoms. The summed E-state index contributed by atoms with van der Waals surface area (Å²) < 4.78 is 146. The third kappa shape index (κ3) is 13.3. The Morgan fingerprint density at radius 1 is 0.444 bits per heavy atom. The number of esters is 6. The average molecular weight is 2090 g/mol. The number of hydrogen-bond acceptors (Lipinski definition) is 31. The number of halogens is 1. The number of nitrogens with one attached hydrogen (secondary N) is 1. The number of allylic oxidation sites excluding steroid dienone is 1. The minimum Gasteiger partial charge on any atom is -0.870 e. The van der Waals surface area contributed by atoms with Crippen LogP contribution in [0, 0.1) is 69.0 Å². The molecule has 786 valence electrons. The molecule has 34 nitrogen and oxygen atoms in total. The van der Waals surface area contributed by atoms with Crippen LogP contribution in [-0.4, -0.2) is 308 Å². The Morgan fingerprint density at radius 2 is 0.704 bits per heavy atom.